The lowest BCUT2D eigenvalue weighted by Crippen LogP contribution is -2.52. The molecule has 2 aromatic carbocycles. The lowest BCUT2D eigenvalue weighted by molar-refractivity contribution is -0.141. The van der Waals surface area contributed by atoms with Crippen LogP contribution in [-0.4, -0.2) is 56.1 Å². The maximum atomic E-state index is 13.4. The Morgan fingerprint density at radius 2 is 1.71 bits per heavy atom. The molecule has 0 radical (unpaired) electrons. The van der Waals surface area contributed by atoms with Crippen molar-refractivity contribution in [1.82, 2.24) is 10.2 Å². The fraction of sp³-hybridized carbons (Fsp3) is 0.481. The van der Waals surface area contributed by atoms with Gasteiger partial charge < -0.3 is 15.0 Å². The molecule has 0 saturated heterocycles. The number of carbonyl (C=O) groups excluding carboxylic acids is 2. The maximum Gasteiger partial charge on any atom is 0.242 e. The van der Waals surface area contributed by atoms with Gasteiger partial charge in [-0.05, 0) is 83.0 Å². The summed E-state index contributed by atoms with van der Waals surface area (Å²) >= 11 is 12.4. The van der Waals surface area contributed by atoms with Crippen LogP contribution in [0.1, 0.15) is 53.0 Å². The summed E-state index contributed by atoms with van der Waals surface area (Å²) < 4.78 is 31.7. The summed E-state index contributed by atoms with van der Waals surface area (Å²) in [6, 6.07) is 10.9. The highest BCUT2D eigenvalue weighted by Crippen LogP contribution is 2.25. The number of amides is 2. The van der Waals surface area contributed by atoms with Gasteiger partial charge in [0.1, 0.15) is 11.8 Å². The van der Waals surface area contributed by atoms with Gasteiger partial charge in [-0.1, -0.05) is 29.3 Å². The smallest absolute Gasteiger partial charge is 0.242 e. The van der Waals surface area contributed by atoms with Crippen molar-refractivity contribution >= 4 is 50.7 Å². The first-order chi connectivity index (χ1) is 17.6. The Labute approximate surface area is 236 Å². The zero-order chi connectivity index (χ0) is 28.7. The molecule has 0 spiro atoms. The van der Waals surface area contributed by atoms with Crippen LogP contribution in [0.4, 0.5) is 5.69 Å². The summed E-state index contributed by atoms with van der Waals surface area (Å²) in [6.45, 7) is 9.80. The molecule has 38 heavy (non-hydrogen) atoms. The van der Waals surface area contributed by atoms with E-state index in [4.69, 9.17) is 27.9 Å². The van der Waals surface area contributed by atoms with E-state index in [0.29, 0.717) is 33.7 Å². The van der Waals surface area contributed by atoms with Crippen LogP contribution in [0.25, 0.3) is 0 Å². The first kappa shape index (κ1) is 31.7. The topological polar surface area (TPSA) is 96.0 Å². The standard InChI is InChI=1S/C27H37Cl2N3O5S/c1-7-37-23-14-12-22(13-15-23)32(38(6,35)36)16-8-9-25(33)31(19(2)26(34)30-27(3,4)5)18-20-10-11-21(28)17-24(20)29/h10-15,17,19H,7-9,16,18H2,1-6H3,(H,30,34)/t19-/m0/s1. The average molecular weight is 587 g/mol. The molecule has 1 atom stereocenters. The number of anilines is 1. The van der Waals surface area contributed by atoms with E-state index in [0.717, 1.165) is 6.26 Å². The molecule has 0 aromatic heterocycles. The number of halogens is 2. The van der Waals surface area contributed by atoms with Gasteiger partial charge in [-0.15, -0.1) is 0 Å². The molecular weight excluding hydrogens is 549 g/mol. The van der Waals surface area contributed by atoms with Gasteiger partial charge in [0.25, 0.3) is 0 Å². The molecule has 0 bridgehead atoms. The summed E-state index contributed by atoms with van der Waals surface area (Å²) in [6.07, 6.45) is 1.40. The molecular formula is C27H37Cl2N3O5S. The third-order valence-electron chi connectivity index (χ3n) is 5.61. The van der Waals surface area contributed by atoms with Crippen LogP contribution in [-0.2, 0) is 26.2 Å². The normalized spacial score (nSPS) is 12.5. The van der Waals surface area contributed by atoms with Crippen molar-refractivity contribution in [2.45, 2.75) is 65.6 Å². The summed E-state index contributed by atoms with van der Waals surface area (Å²) in [5.41, 5.74) is 0.643. The van der Waals surface area contributed by atoms with E-state index >= 15 is 0 Å². The average Bonchev–Trinajstić information content (AvgIpc) is 2.80. The third-order valence-corrected chi connectivity index (χ3v) is 7.39. The van der Waals surface area contributed by atoms with E-state index in [1.807, 2.05) is 27.7 Å². The summed E-state index contributed by atoms with van der Waals surface area (Å²) in [5.74, 6) is 0.0368. The number of carbonyl (C=O) groups is 2. The zero-order valence-electron chi connectivity index (χ0n) is 22.8. The maximum absolute atomic E-state index is 13.4. The number of nitrogens with one attached hydrogen (secondary N) is 1. The van der Waals surface area contributed by atoms with E-state index in [9.17, 15) is 18.0 Å². The molecule has 210 valence electrons. The predicted molar refractivity (Wildman–Crippen MR) is 153 cm³/mol. The van der Waals surface area contributed by atoms with Crippen LogP contribution < -0.4 is 14.4 Å². The van der Waals surface area contributed by atoms with E-state index in [1.54, 1.807) is 49.4 Å². The molecule has 0 saturated carbocycles. The zero-order valence-corrected chi connectivity index (χ0v) is 25.1. The number of ether oxygens (including phenoxy) is 1. The van der Waals surface area contributed by atoms with Crippen molar-refractivity contribution in [2.24, 2.45) is 0 Å². The van der Waals surface area contributed by atoms with Crippen LogP contribution >= 0.6 is 23.2 Å². The van der Waals surface area contributed by atoms with Crippen molar-refractivity contribution < 1.29 is 22.7 Å². The van der Waals surface area contributed by atoms with Gasteiger partial charge in [0.2, 0.25) is 21.8 Å². The minimum Gasteiger partial charge on any atom is -0.494 e. The van der Waals surface area contributed by atoms with Crippen LogP contribution in [0, 0.1) is 0 Å². The molecule has 2 aromatic rings. The number of hydrogen-bond donors (Lipinski definition) is 1. The molecule has 0 aliphatic rings. The van der Waals surface area contributed by atoms with Gasteiger partial charge in [0, 0.05) is 35.1 Å². The van der Waals surface area contributed by atoms with Gasteiger partial charge in [-0.25, -0.2) is 8.42 Å². The van der Waals surface area contributed by atoms with E-state index in [1.165, 1.54) is 9.21 Å². The lowest BCUT2D eigenvalue weighted by atomic mass is 10.1. The number of benzene rings is 2. The predicted octanol–water partition coefficient (Wildman–Crippen LogP) is 5.27. The SMILES string of the molecule is CCOc1ccc(N(CCCC(=O)N(Cc2ccc(Cl)cc2Cl)[C@@H](C)C(=O)NC(C)(C)C)S(C)(=O)=O)cc1. The molecule has 0 heterocycles. The highest BCUT2D eigenvalue weighted by atomic mass is 35.5. The van der Waals surface area contributed by atoms with Crippen molar-refractivity contribution in [3.05, 3.63) is 58.1 Å². The molecule has 8 nitrogen and oxygen atoms in total. The fourth-order valence-electron chi connectivity index (χ4n) is 3.77. The monoisotopic (exact) mass is 585 g/mol. The second-order valence-corrected chi connectivity index (χ2v) is 12.8. The Morgan fingerprint density at radius 1 is 1.08 bits per heavy atom. The molecule has 0 aliphatic carbocycles. The largest absolute Gasteiger partial charge is 0.494 e. The van der Waals surface area contributed by atoms with Crippen molar-refractivity contribution in [2.75, 3.05) is 23.7 Å². The third kappa shape index (κ3) is 9.67. The Bertz CT molecular complexity index is 1210. The Kier molecular flexibility index (Phi) is 11.3. The van der Waals surface area contributed by atoms with Gasteiger partial charge in [-0.2, -0.15) is 0 Å². The minimum absolute atomic E-state index is 0.0292. The summed E-state index contributed by atoms with van der Waals surface area (Å²) in [4.78, 5) is 27.8. The van der Waals surface area contributed by atoms with Crippen LogP contribution in [0.5, 0.6) is 5.75 Å². The van der Waals surface area contributed by atoms with Crippen LogP contribution in [0.3, 0.4) is 0 Å². The first-order valence-corrected chi connectivity index (χ1v) is 15.0. The number of rotatable bonds is 12. The Morgan fingerprint density at radius 3 is 2.24 bits per heavy atom. The second kappa shape index (κ2) is 13.5. The molecule has 2 amide bonds. The van der Waals surface area contributed by atoms with Crippen molar-refractivity contribution in [3.8, 4) is 5.75 Å². The Balaban J connectivity index is 2.21. The lowest BCUT2D eigenvalue weighted by Gasteiger charge is -2.32. The summed E-state index contributed by atoms with van der Waals surface area (Å²) in [5, 5.41) is 3.76. The number of nitrogens with zero attached hydrogens (tertiary/aromatic N) is 2. The van der Waals surface area contributed by atoms with Crippen molar-refractivity contribution in [1.29, 1.82) is 0 Å². The number of hydrogen-bond acceptors (Lipinski definition) is 5. The van der Waals surface area contributed by atoms with Gasteiger partial charge in [0.05, 0.1) is 18.6 Å². The molecule has 2 rings (SSSR count). The molecule has 1 N–H and O–H groups in total. The minimum atomic E-state index is -3.60. The van der Waals surface area contributed by atoms with Crippen molar-refractivity contribution in [3.63, 3.8) is 0 Å². The first-order valence-electron chi connectivity index (χ1n) is 12.4. The van der Waals surface area contributed by atoms with Gasteiger partial charge in [0.15, 0.2) is 0 Å². The van der Waals surface area contributed by atoms with E-state index < -0.39 is 21.6 Å². The molecule has 0 unspecified atom stereocenters. The summed E-state index contributed by atoms with van der Waals surface area (Å²) in [7, 11) is -3.60. The quantitative estimate of drug-likeness (QED) is 0.366. The molecule has 0 aliphatic heterocycles. The highest BCUT2D eigenvalue weighted by molar-refractivity contribution is 7.92. The molecule has 11 heteroatoms. The van der Waals surface area contributed by atoms with Gasteiger partial charge >= 0.3 is 0 Å². The van der Waals surface area contributed by atoms with E-state index in [2.05, 4.69) is 5.32 Å². The Hall–Kier alpha value is -2.49. The van der Waals surface area contributed by atoms with E-state index in [-0.39, 0.29) is 37.7 Å². The molecule has 0 fully saturated rings. The highest BCUT2D eigenvalue weighted by Gasteiger charge is 2.29. The van der Waals surface area contributed by atoms with Crippen LogP contribution in [0.15, 0.2) is 42.5 Å². The fourth-order valence-corrected chi connectivity index (χ4v) is 5.20. The van der Waals surface area contributed by atoms with Gasteiger partial charge in [-0.3, -0.25) is 13.9 Å². The van der Waals surface area contributed by atoms with Crippen LogP contribution in [0.2, 0.25) is 10.0 Å². The number of sulfonamides is 1. The second-order valence-electron chi connectivity index (χ2n) is 10.0.